The first kappa shape index (κ1) is 16.1. The van der Waals surface area contributed by atoms with Crippen molar-refractivity contribution in [1.29, 1.82) is 0 Å². The van der Waals surface area contributed by atoms with Crippen LogP contribution in [0.1, 0.15) is 43.0 Å². The van der Waals surface area contributed by atoms with Crippen LogP contribution in [0.25, 0.3) is 0 Å². The molecule has 1 aliphatic heterocycles. The van der Waals surface area contributed by atoms with Gasteiger partial charge in [0.05, 0.1) is 17.5 Å². The number of hydrogen-bond acceptors (Lipinski definition) is 4. The van der Waals surface area contributed by atoms with Crippen molar-refractivity contribution in [2.24, 2.45) is 0 Å². The average molecular weight is 330 g/mol. The van der Waals surface area contributed by atoms with E-state index >= 15 is 0 Å². The van der Waals surface area contributed by atoms with Gasteiger partial charge in [-0.1, -0.05) is 13.0 Å². The Kier molecular flexibility index (Phi) is 5.39. The molecule has 1 aliphatic rings. The molecule has 3 rings (SSSR count). The molecule has 5 heteroatoms. The van der Waals surface area contributed by atoms with Crippen LogP contribution in [0.4, 0.5) is 0 Å². The average Bonchev–Trinajstić information content (AvgIpc) is 3.24. The summed E-state index contributed by atoms with van der Waals surface area (Å²) in [7, 11) is 0. The summed E-state index contributed by atoms with van der Waals surface area (Å²) in [5.74, 6) is 3.38. The monoisotopic (exact) mass is 330 g/mol. The van der Waals surface area contributed by atoms with Gasteiger partial charge in [0.2, 0.25) is 5.91 Å². The highest BCUT2D eigenvalue weighted by Gasteiger charge is 2.31. The largest absolute Gasteiger partial charge is 0.464 e. The number of furan rings is 1. The first-order valence-corrected chi connectivity index (χ1v) is 9.29. The highest BCUT2D eigenvalue weighted by molar-refractivity contribution is 7.99. The Balaban J connectivity index is 1.55. The molecule has 4 nitrogen and oxygen atoms in total. The van der Waals surface area contributed by atoms with Crippen LogP contribution >= 0.6 is 11.8 Å². The lowest BCUT2D eigenvalue weighted by atomic mass is 10.1. The van der Waals surface area contributed by atoms with Crippen molar-refractivity contribution in [2.45, 2.75) is 38.0 Å². The molecule has 0 aliphatic carbocycles. The number of pyridine rings is 1. The van der Waals surface area contributed by atoms with E-state index in [2.05, 4.69) is 11.9 Å². The molecule has 1 fully saturated rings. The zero-order valence-corrected chi connectivity index (χ0v) is 14.2. The minimum absolute atomic E-state index is 0.109. The summed E-state index contributed by atoms with van der Waals surface area (Å²) >= 11 is 1.62. The van der Waals surface area contributed by atoms with Crippen LogP contribution in [-0.2, 0) is 17.0 Å². The van der Waals surface area contributed by atoms with Crippen LogP contribution in [0.2, 0.25) is 0 Å². The molecule has 1 saturated heterocycles. The van der Waals surface area contributed by atoms with Gasteiger partial charge in [0.25, 0.3) is 0 Å². The summed E-state index contributed by atoms with van der Waals surface area (Å²) in [6.07, 6.45) is 4.72. The lowest BCUT2D eigenvalue weighted by molar-refractivity contribution is -0.129. The van der Waals surface area contributed by atoms with Gasteiger partial charge in [0.1, 0.15) is 11.5 Å². The molecule has 0 N–H and O–H groups in total. The molecule has 1 atom stereocenters. The molecular weight excluding hydrogens is 308 g/mol. The van der Waals surface area contributed by atoms with Crippen molar-refractivity contribution in [3.05, 3.63) is 53.7 Å². The number of aryl methyl sites for hydroxylation is 1. The number of hydrogen-bond donors (Lipinski definition) is 0. The van der Waals surface area contributed by atoms with Gasteiger partial charge >= 0.3 is 0 Å². The van der Waals surface area contributed by atoms with Gasteiger partial charge in [-0.3, -0.25) is 9.78 Å². The van der Waals surface area contributed by atoms with E-state index in [0.717, 1.165) is 48.8 Å². The van der Waals surface area contributed by atoms with Crippen molar-refractivity contribution >= 4 is 17.7 Å². The number of carbonyl (C=O) groups is 1. The number of aromatic nitrogens is 1. The third-order valence-corrected chi connectivity index (χ3v) is 5.09. The lowest BCUT2D eigenvalue weighted by Gasteiger charge is -2.23. The Morgan fingerprint density at radius 2 is 2.30 bits per heavy atom. The molecule has 0 unspecified atom stereocenters. The summed E-state index contributed by atoms with van der Waals surface area (Å²) in [5, 5.41) is 0. The molecule has 2 aromatic heterocycles. The van der Waals surface area contributed by atoms with Crippen molar-refractivity contribution in [3.63, 3.8) is 0 Å². The highest BCUT2D eigenvalue weighted by Crippen LogP contribution is 2.33. The van der Waals surface area contributed by atoms with E-state index in [0.29, 0.717) is 5.75 Å². The minimum Gasteiger partial charge on any atom is -0.464 e. The van der Waals surface area contributed by atoms with E-state index in [1.54, 1.807) is 18.0 Å². The number of carbonyl (C=O) groups excluding carboxylic acids is 1. The number of nitrogens with zero attached hydrogens (tertiary/aromatic N) is 2. The van der Waals surface area contributed by atoms with Crippen molar-refractivity contribution in [3.8, 4) is 0 Å². The van der Waals surface area contributed by atoms with E-state index in [1.807, 2.05) is 35.2 Å². The zero-order chi connectivity index (χ0) is 16.1. The van der Waals surface area contributed by atoms with Gasteiger partial charge in [-0.25, -0.2) is 0 Å². The quantitative estimate of drug-likeness (QED) is 0.807. The smallest absolute Gasteiger partial charge is 0.233 e. The van der Waals surface area contributed by atoms with Gasteiger partial charge in [-0.05, 0) is 37.1 Å². The van der Waals surface area contributed by atoms with E-state index in [9.17, 15) is 4.79 Å². The number of likely N-dealkylation sites (tertiary alicyclic amines) is 1. The molecule has 0 bridgehead atoms. The Bertz CT molecular complexity index is 641. The first-order chi connectivity index (χ1) is 11.3. The van der Waals surface area contributed by atoms with E-state index in [-0.39, 0.29) is 11.9 Å². The fourth-order valence-corrected chi connectivity index (χ4v) is 3.76. The Morgan fingerprint density at radius 1 is 1.39 bits per heavy atom. The number of amides is 1. The molecule has 0 saturated carbocycles. The maximum atomic E-state index is 12.5. The third-order valence-electron chi connectivity index (χ3n) is 4.13. The lowest BCUT2D eigenvalue weighted by Crippen LogP contribution is -2.31. The molecule has 2 aromatic rings. The van der Waals surface area contributed by atoms with Crippen molar-refractivity contribution < 1.29 is 9.21 Å². The highest BCUT2D eigenvalue weighted by atomic mass is 32.2. The standard InChI is InChI=1S/C18H22N2O2S/c1-2-15-8-9-17(22-15)16-7-5-11-20(16)18(21)13-23-12-14-6-3-4-10-19-14/h3-4,6,8-10,16H,2,5,7,11-13H2,1H3/t16-/m0/s1. The maximum absolute atomic E-state index is 12.5. The molecule has 122 valence electrons. The van der Waals surface area contributed by atoms with Crippen LogP contribution in [0, 0.1) is 0 Å². The molecular formula is C18H22N2O2S. The van der Waals surface area contributed by atoms with Crippen LogP contribution < -0.4 is 0 Å². The fraction of sp³-hybridized carbons (Fsp3) is 0.444. The topological polar surface area (TPSA) is 46.3 Å². The molecule has 0 spiro atoms. The van der Waals surface area contributed by atoms with E-state index in [1.165, 1.54) is 0 Å². The van der Waals surface area contributed by atoms with Gasteiger partial charge in [0.15, 0.2) is 0 Å². The van der Waals surface area contributed by atoms with Gasteiger partial charge < -0.3 is 9.32 Å². The Morgan fingerprint density at radius 3 is 3.04 bits per heavy atom. The predicted molar refractivity (Wildman–Crippen MR) is 92.2 cm³/mol. The van der Waals surface area contributed by atoms with Gasteiger partial charge in [-0.2, -0.15) is 0 Å². The molecule has 1 amide bonds. The second-order valence-corrected chi connectivity index (χ2v) is 6.70. The predicted octanol–water partition coefficient (Wildman–Crippen LogP) is 3.83. The van der Waals surface area contributed by atoms with Gasteiger partial charge in [-0.15, -0.1) is 11.8 Å². The molecule has 0 radical (unpaired) electrons. The summed E-state index contributed by atoms with van der Waals surface area (Å²) < 4.78 is 5.86. The van der Waals surface area contributed by atoms with Crippen LogP contribution in [0.3, 0.4) is 0 Å². The molecule has 23 heavy (non-hydrogen) atoms. The number of rotatable bonds is 6. The minimum atomic E-state index is 0.109. The molecule has 3 heterocycles. The summed E-state index contributed by atoms with van der Waals surface area (Å²) in [4.78, 5) is 18.8. The van der Waals surface area contributed by atoms with Crippen molar-refractivity contribution in [1.82, 2.24) is 9.88 Å². The first-order valence-electron chi connectivity index (χ1n) is 8.13. The SMILES string of the molecule is CCc1ccc([C@@H]2CCCN2C(=O)CSCc2ccccn2)o1. The van der Waals surface area contributed by atoms with E-state index < -0.39 is 0 Å². The number of thioether (sulfide) groups is 1. The van der Waals surface area contributed by atoms with Crippen LogP contribution in [0.5, 0.6) is 0 Å². The Labute approximate surface area is 141 Å². The Hall–Kier alpha value is -1.75. The third kappa shape index (κ3) is 3.96. The normalized spacial score (nSPS) is 17.6. The van der Waals surface area contributed by atoms with Crippen LogP contribution in [-0.4, -0.2) is 28.1 Å². The second kappa shape index (κ2) is 7.68. The summed E-state index contributed by atoms with van der Waals surface area (Å²) in [5.41, 5.74) is 1.02. The van der Waals surface area contributed by atoms with E-state index in [4.69, 9.17) is 4.42 Å². The van der Waals surface area contributed by atoms with Crippen molar-refractivity contribution in [2.75, 3.05) is 12.3 Å². The second-order valence-electron chi connectivity index (χ2n) is 5.72. The summed E-state index contributed by atoms with van der Waals surface area (Å²) in [6.45, 7) is 2.91. The molecule has 0 aromatic carbocycles. The van der Waals surface area contributed by atoms with Crippen LogP contribution in [0.15, 0.2) is 40.9 Å². The zero-order valence-electron chi connectivity index (χ0n) is 13.4. The fourth-order valence-electron chi connectivity index (χ4n) is 2.93. The summed E-state index contributed by atoms with van der Waals surface area (Å²) in [6, 6.07) is 10.0. The maximum Gasteiger partial charge on any atom is 0.233 e. The van der Waals surface area contributed by atoms with Gasteiger partial charge in [0, 0.05) is 24.9 Å².